The molecule has 1 N–H and O–H groups in total. The van der Waals surface area contributed by atoms with Gasteiger partial charge in [-0.1, -0.05) is 123 Å². The summed E-state index contributed by atoms with van der Waals surface area (Å²) in [6, 6.07) is 48.8. The van der Waals surface area contributed by atoms with Gasteiger partial charge < -0.3 is 4.98 Å². The van der Waals surface area contributed by atoms with Crippen LogP contribution >= 0.6 is 0 Å². The van der Waals surface area contributed by atoms with Gasteiger partial charge in [0, 0.05) is 27.3 Å². The number of aromatic nitrogens is 1. The molecule has 0 radical (unpaired) electrons. The Hall–Kier alpha value is -4.88. The largest absolute Gasteiger partial charge is 0.354 e. The molecule has 0 spiro atoms. The van der Waals surface area contributed by atoms with E-state index in [0.717, 1.165) is 0 Å². The van der Waals surface area contributed by atoms with Crippen LogP contribution in [0, 0.1) is 0 Å². The first-order valence-electron chi connectivity index (χ1n) is 14.0. The highest BCUT2D eigenvalue weighted by molar-refractivity contribution is 6.12. The van der Waals surface area contributed by atoms with E-state index >= 15 is 0 Å². The first kappa shape index (κ1) is 23.0. The van der Waals surface area contributed by atoms with E-state index in [1.807, 2.05) is 0 Å². The average Bonchev–Trinajstić information content (AvgIpc) is 3.49. The van der Waals surface area contributed by atoms with Crippen molar-refractivity contribution in [3.63, 3.8) is 0 Å². The van der Waals surface area contributed by atoms with Gasteiger partial charge in [0.2, 0.25) is 0 Å². The maximum absolute atomic E-state index is 3.74. The van der Waals surface area contributed by atoms with Crippen molar-refractivity contribution in [1.29, 1.82) is 0 Å². The van der Waals surface area contributed by atoms with Crippen LogP contribution in [0.25, 0.3) is 66.3 Å². The Labute approximate surface area is 234 Å². The van der Waals surface area contributed by atoms with Gasteiger partial charge in [-0.2, -0.15) is 0 Å². The smallest absolute Gasteiger partial charge is 0.0544 e. The number of hydrogen-bond donors (Lipinski definition) is 1. The van der Waals surface area contributed by atoms with E-state index in [1.165, 1.54) is 77.4 Å². The quantitative estimate of drug-likeness (QED) is 0.243. The molecule has 0 aliphatic heterocycles. The summed E-state index contributed by atoms with van der Waals surface area (Å²) in [5, 5.41) is 2.52. The van der Waals surface area contributed by atoms with Crippen molar-refractivity contribution in [2.75, 3.05) is 0 Å². The summed E-state index contributed by atoms with van der Waals surface area (Å²) < 4.78 is 0. The molecular formula is C39H29N. The van der Waals surface area contributed by atoms with Crippen LogP contribution in [0.4, 0.5) is 0 Å². The number of H-pyrrole nitrogens is 1. The summed E-state index contributed by atoms with van der Waals surface area (Å²) in [6.07, 6.45) is 0. The number of aromatic amines is 1. The predicted octanol–water partition coefficient (Wildman–Crippen LogP) is 10.6. The van der Waals surface area contributed by atoms with Gasteiger partial charge in [0.05, 0.1) is 5.52 Å². The molecule has 40 heavy (non-hydrogen) atoms. The second-order valence-corrected chi connectivity index (χ2v) is 11.5. The zero-order valence-corrected chi connectivity index (χ0v) is 22.7. The van der Waals surface area contributed by atoms with Crippen molar-refractivity contribution in [2.45, 2.75) is 19.3 Å². The van der Waals surface area contributed by atoms with Gasteiger partial charge in [0.1, 0.15) is 0 Å². The highest BCUT2D eigenvalue weighted by Gasteiger charge is 2.35. The highest BCUT2D eigenvalue weighted by Crippen LogP contribution is 2.49. The van der Waals surface area contributed by atoms with E-state index in [9.17, 15) is 0 Å². The molecule has 1 aromatic heterocycles. The Morgan fingerprint density at radius 3 is 1.98 bits per heavy atom. The molecule has 0 fully saturated rings. The van der Waals surface area contributed by atoms with Crippen molar-refractivity contribution in [2.24, 2.45) is 0 Å². The van der Waals surface area contributed by atoms with E-state index in [2.05, 4.69) is 152 Å². The number of para-hydroxylation sites is 1. The number of nitrogens with one attached hydrogen (secondary N) is 1. The molecule has 0 atom stereocenters. The molecule has 0 saturated carbocycles. The predicted molar refractivity (Wildman–Crippen MR) is 170 cm³/mol. The molecule has 0 unspecified atom stereocenters. The minimum absolute atomic E-state index is 0.00585. The summed E-state index contributed by atoms with van der Waals surface area (Å²) >= 11 is 0. The Balaban J connectivity index is 1.23. The molecular weight excluding hydrogens is 482 g/mol. The van der Waals surface area contributed by atoms with Gasteiger partial charge in [0.25, 0.3) is 0 Å². The average molecular weight is 512 g/mol. The fourth-order valence-electron chi connectivity index (χ4n) is 6.72. The van der Waals surface area contributed by atoms with Crippen LogP contribution in [0.5, 0.6) is 0 Å². The summed E-state index contributed by atoms with van der Waals surface area (Å²) in [5.41, 5.74) is 15.3. The van der Waals surface area contributed by atoms with Crippen molar-refractivity contribution < 1.29 is 0 Å². The van der Waals surface area contributed by atoms with Crippen LogP contribution in [-0.2, 0) is 5.41 Å². The SMILES string of the molecule is CC1(C)c2ccccc2-c2ccc(-c3cccc(-c4cccc5c4[nH]c4ccc(-c6ccccc6)cc45)c3)cc21. The van der Waals surface area contributed by atoms with Gasteiger partial charge in [-0.05, 0) is 74.3 Å². The van der Waals surface area contributed by atoms with Gasteiger partial charge in [-0.3, -0.25) is 0 Å². The van der Waals surface area contributed by atoms with Gasteiger partial charge >= 0.3 is 0 Å². The monoisotopic (exact) mass is 511 g/mol. The molecule has 0 saturated heterocycles. The molecule has 1 aliphatic rings. The molecule has 0 amide bonds. The number of rotatable bonds is 3. The van der Waals surface area contributed by atoms with E-state index in [4.69, 9.17) is 0 Å². The van der Waals surface area contributed by atoms with Crippen molar-refractivity contribution >= 4 is 21.8 Å². The first-order chi connectivity index (χ1) is 19.6. The summed E-state index contributed by atoms with van der Waals surface area (Å²) in [4.78, 5) is 3.74. The fourth-order valence-corrected chi connectivity index (χ4v) is 6.72. The summed E-state index contributed by atoms with van der Waals surface area (Å²) in [6.45, 7) is 4.69. The molecule has 1 heteroatoms. The second kappa shape index (κ2) is 8.56. The molecule has 0 bridgehead atoms. The minimum atomic E-state index is -0.00585. The lowest BCUT2D eigenvalue weighted by Gasteiger charge is -2.22. The maximum Gasteiger partial charge on any atom is 0.0544 e. The summed E-state index contributed by atoms with van der Waals surface area (Å²) in [7, 11) is 0. The van der Waals surface area contributed by atoms with Crippen molar-refractivity contribution in [1.82, 2.24) is 4.98 Å². The van der Waals surface area contributed by atoms with E-state index < -0.39 is 0 Å². The van der Waals surface area contributed by atoms with Gasteiger partial charge in [-0.25, -0.2) is 0 Å². The Kier molecular flexibility index (Phi) is 4.93. The molecule has 190 valence electrons. The standard InChI is InChI=1S/C39H29N/c1-39(2)35-17-7-6-14-31(35)32-20-18-28(24-36(32)39)26-12-8-13-29(22-26)30-15-9-16-33-34-23-27(25-10-4-3-5-11-25)19-21-37(34)40-38(30)33/h3-24,40H,1-2H3. The summed E-state index contributed by atoms with van der Waals surface area (Å²) in [5.74, 6) is 0. The molecule has 1 heterocycles. The minimum Gasteiger partial charge on any atom is -0.354 e. The van der Waals surface area contributed by atoms with Crippen LogP contribution in [0.1, 0.15) is 25.0 Å². The van der Waals surface area contributed by atoms with Crippen LogP contribution in [0.3, 0.4) is 0 Å². The van der Waals surface area contributed by atoms with Crippen molar-refractivity contribution in [3.05, 3.63) is 145 Å². The Bertz CT molecular complexity index is 2070. The Morgan fingerprint density at radius 1 is 0.425 bits per heavy atom. The van der Waals surface area contributed by atoms with E-state index in [1.54, 1.807) is 0 Å². The van der Waals surface area contributed by atoms with Gasteiger partial charge in [0.15, 0.2) is 0 Å². The van der Waals surface area contributed by atoms with E-state index in [0.29, 0.717) is 0 Å². The number of hydrogen-bond acceptors (Lipinski definition) is 0. The van der Waals surface area contributed by atoms with Crippen LogP contribution < -0.4 is 0 Å². The number of fused-ring (bicyclic) bond motifs is 6. The third kappa shape index (κ3) is 3.41. The maximum atomic E-state index is 3.74. The lowest BCUT2D eigenvalue weighted by Crippen LogP contribution is -2.14. The number of benzene rings is 6. The Morgan fingerprint density at radius 2 is 1.07 bits per heavy atom. The topological polar surface area (TPSA) is 15.8 Å². The lowest BCUT2D eigenvalue weighted by molar-refractivity contribution is 0.660. The third-order valence-corrected chi connectivity index (χ3v) is 8.83. The zero-order chi connectivity index (χ0) is 26.8. The highest BCUT2D eigenvalue weighted by atomic mass is 14.7. The van der Waals surface area contributed by atoms with Crippen molar-refractivity contribution in [3.8, 4) is 44.5 Å². The molecule has 7 aromatic rings. The lowest BCUT2D eigenvalue weighted by atomic mass is 9.81. The van der Waals surface area contributed by atoms with Crippen LogP contribution in [-0.4, -0.2) is 4.98 Å². The first-order valence-corrected chi connectivity index (χ1v) is 14.0. The normalized spacial score (nSPS) is 13.4. The molecule has 8 rings (SSSR count). The van der Waals surface area contributed by atoms with Crippen LogP contribution in [0.2, 0.25) is 0 Å². The molecule has 1 nitrogen and oxygen atoms in total. The third-order valence-electron chi connectivity index (χ3n) is 8.83. The molecule has 6 aromatic carbocycles. The van der Waals surface area contributed by atoms with Crippen LogP contribution in [0.15, 0.2) is 133 Å². The second-order valence-electron chi connectivity index (χ2n) is 11.5. The zero-order valence-electron chi connectivity index (χ0n) is 22.7. The van der Waals surface area contributed by atoms with Gasteiger partial charge in [-0.15, -0.1) is 0 Å². The fraction of sp³-hybridized carbons (Fsp3) is 0.0769. The molecule has 1 aliphatic carbocycles. The van der Waals surface area contributed by atoms with E-state index in [-0.39, 0.29) is 5.41 Å².